The van der Waals surface area contributed by atoms with Gasteiger partial charge in [0.15, 0.2) is 11.6 Å². The third-order valence-corrected chi connectivity index (χ3v) is 2.62. The molecule has 106 valence electrons. The molecule has 0 bridgehead atoms. The molecule has 19 heavy (non-hydrogen) atoms. The van der Waals surface area contributed by atoms with Crippen LogP contribution in [0.2, 0.25) is 0 Å². The standard InChI is InChI=1S/C11H15BrF2N4O/c1-19-4-2-3-16-11(18-15)17-10-8(13)5-7(12)6-9(10)14/h5-6H,2-4,15H2,1H3,(H2,16,17,18). The van der Waals surface area contributed by atoms with Crippen LogP contribution in [0.25, 0.3) is 0 Å². The van der Waals surface area contributed by atoms with Gasteiger partial charge in [-0.15, -0.1) is 0 Å². The van der Waals surface area contributed by atoms with E-state index >= 15 is 0 Å². The summed E-state index contributed by atoms with van der Waals surface area (Å²) in [4.78, 5) is 4.02. The predicted molar refractivity (Wildman–Crippen MR) is 73.8 cm³/mol. The molecule has 0 heterocycles. The lowest BCUT2D eigenvalue weighted by Gasteiger charge is -2.11. The number of hydrogen-bond acceptors (Lipinski definition) is 3. The average Bonchev–Trinajstić information content (AvgIpc) is 2.36. The molecule has 0 aliphatic rings. The van der Waals surface area contributed by atoms with E-state index in [0.29, 0.717) is 24.0 Å². The first kappa shape index (κ1) is 15.8. The van der Waals surface area contributed by atoms with E-state index in [1.54, 1.807) is 7.11 Å². The Kier molecular flexibility index (Phi) is 6.68. The molecule has 0 atom stereocenters. The van der Waals surface area contributed by atoms with Gasteiger partial charge >= 0.3 is 0 Å². The van der Waals surface area contributed by atoms with Gasteiger partial charge in [-0.3, -0.25) is 10.4 Å². The lowest BCUT2D eigenvalue weighted by molar-refractivity contribution is 0.197. The molecule has 0 saturated carbocycles. The Morgan fingerprint density at radius 3 is 2.58 bits per heavy atom. The van der Waals surface area contributed by atoms with Crippen molar-refractivity contribution < 1.29 is 13.5 Å². The summed E-state index contributed by atoms with van der Waals surface area (Å²) in [6.07, 6.45) is 0.675. The van der Waals surface area contributed by atoms with Crippen molar-refractivity contribution in [1.29, 1.82) is 0 Å². The number of methoxy groups -OCH3 is 1. The molecular weight excluding hydrogens is 322 g/mol. The highest BCUT2D eigenvalue weighted by molar-refractivity contribution is 9.10. The summed E-state index contributed by atoms with van der Waals surface area (Å²) in [6.45, 7) is 0.961. The van der Waals surface area contributed by atoms with Crippen LogP contribution in [0.1, 0.15) is 6.42 Å². The van der Waals surface area contributed by atoms with Crippen molar-refractivity contribution in [1.82, 2.24) is 5.43 Å². The van der Waals surface area contributed by atoms with Crippen LogP contribution in [0.3, 0.4) is 0 Å². The van der Waals surface area contributed by atoms with Gasteiger partial charge in [-0.1, -0.05) is 15.9 Å². The van der Waals surface area contributed by atoms with Crippen LogP contribution >= 0.6 is 15.9 Å². The van der Waals surface area contributed by atoms with Crippen LogP contribution in [-0.2, 0) is 4.74 Å². The van der Waals surface area contributed by atoms with E-state index in [9.17, 15) is 8.78 Å². The molecule has 0 radical (unpaired) electrons. The van der Waals surface area contributed by atoms with Crippen molar-refractivity contribution in [3.05, 3.63) is 28.2 Å². The Morgan fingerprint density at radius 2 is 2.05 bits per heavy atom. The summed E-state index contributed by atoms with van der Waals surface area (Å²) in [6, 6.07) is 2.29. The summed E-state index contributed by atoms with van der Waals surface area (Å²) >= 11 is 3.00. The van der Waals surface area contributed by atoms with E-state index in [0.717, 1.165) is 12.1 Å². The van der Waals surface area contributed by atoms with Crippen LogP contribution in [0.5, 0.6) is 0 Å². The fourth-order valence-electron chi connectivity index (χ4n) is 1.30. The lowest BCUT2D eigenvalue weighted by atomic mass is 10.3. The molecule has 4 N–H and O–H groups in total. The number of ether oxygens (including phenoxy) is 1. The highest BCUT2D eigenvalue weighted by atomic mass is 79.9. The molecule has 0 saturated heterocycles. The minimum absolute atomic E-state index is 0.0798. The zero-order chi connectivity index (χ0) is 14.3. The van der Waals surface area contributed by atoms with Gasteiger partial charge in [-0.25, -0.2) is 14.6 Å². The van der Waals surface area contributed by atoms with Crippen LogP contribution < -0.4 is 16.6 Å². The number of anilines is 1. The zero-order valence-corrected chi connectivity index (χ0v) is 11.9. The van der Waals surface area contributed by atoms with E-state index in [1.807, 2.05) is 0 Å². The smallest absolute Gasteiger partial charge is 0.210 e. The van der Waals surface area contributed by atoms with Gasteiger partial charge < -0.3 is 10.1 Å². The maximum atomic E-state index is 13.6. The van der Waals surface area contributed by atoms with Crippen LogP contribution in [0, 0.1) is 11.6 Å². The quantitative estimate of drug-likeness (QED) is 0.253. The van der Waals surface area contributed by atoms with Gasteiger partial charge in [0.2, 0.25) is 5.96 Å². The molecule has 0 fully saturated rings. The second-order valence-electron chi connectivity index (χ2n) is 3.59. The van der Waals surface area contributed by atoms with E-state index in [4.69, 9.17) is 10.6 Å². The summed E-state index contributed by atoms with van der Waals surface area (Å²) in [5, 5.41) is 2.47. The summed E-state index contributed by atoms with van der Waals surface area (Å²) in [5.41, 5.74) is 1.94. The summed E-state index contributed by atoms with van der Waals surface area (Å²) in [5.74, 6) is 3.83. The fraction of sp³-hybridized carbons (Fsp3) is 0.364. The first-order chi connectivity index (χ1) is 9.08. The number of nitrogens with zero attached hydrogens (tertiary/aromatic N) is 1. The van der Waals surface area contributed by atoms with Crippen molar-refractivity contribution >= 4 is 27.6 Å². The Labute approximate surface area is 118 Å². The number of rotatable bonds is 5. The minimum atomic E-state index is -0.744. The van der Waals surface area contributed by atoms with E-state index < -0.39 is 11.6 Å². The topological polar surface area (TPSA) is 71.7 Å². The zero-order valence-electron chi connectivity index (χ0n) is 10.3. The van der Waals surface area contributed by atoms with Crippen molar-refractivity contribution in [2.45, 2.75) is 6.42 Å². The van der Waals surface area contributed by atoms with Crippen molar-refractivity contribution in [2.75, 3.05) is 25.6 Å². The van der Waals surface area contributed by atoms with Crippen molar-refractivity contribution in [3.8, 4) is 0 Å². The SMILES string of the molecule is COCCCN=C(NN)Nc1c(F)cc(Br)cc1F. The highest BCUT2D eigenvalue weighted by Crippen LogP contribution is 2.23. The van der Waals surface area contributed by atoms with Gasteiger partial charge in [0.1, 0.15) is 5.69 Å². The fourth-order valence-corrected chi connectivity index (χ4v) is 1.70. The Hall–Kier alpha value is -1.25. The molecule has 5 nitrogen and oxygen atoms in total. The summed E-state index contributed by atoms with van der Waals surface area (Å²) in [7, 11) is 1.58. The van der Waals surface area contributed by atoms with Crippen molar-refractivity contribution in [3.63, 3.8) is 0 Å². The molecule has 0 aromatic heterocycles. The molecule has 0 spiro atoms. The van der Waals surface area contributed by atoms with Gasteiger partial charge in [-0.2, -0.15) is 0 Å². The molecule has 1 aromatic rings. The molecular formula is C11H15BrF2N4O. The molecule has 0 aliphatic carbocycles. The first-order valence-electron chi connectivity index (χ1n) is 5.50. The first-order valence-corrected chi connectivity index (χ1v) is 6.29. The molecule has 0 unspecified atom stereocenters. The number of nitrogens with one attached hydrogen (secondary N) is 2. The number of hydrazine groups is 1. The number of guanidine groups is 1. The Morgan fingerprint density at radius 1 is 1.42 bits per heavy atom. The average molecular weight is 337 g/mol. The van der Waals surface area contributed by atoms with Gasteiger partial charge in [0, 0.05) is 24.7 Å². The Balaban J connectivity index is 2.75. The second-order valence-corrected chi connectivity index (χ2v) is 4.51. The van der Waals surface area contributed by atoms with Gasteiger partial charge in [0.25, 0.3) is 0 Å². The predicted octanol–water partition coefficient (Wildman–Crippen LogP) is 1.99. The maximum absolute atomic E-state index is 13.6. The molecule has 1 aromatic carbocycles. The molecule has 1 rings (SSSR count). The number of benzene rings is 1. The third kappa shape index (κ3) is 5.09. The number of halogens is 3. The summed E-state index contributed by atoms with van der Waals surface area (Å²) < 4.78 is 32.3. The monoisotopic (exact) mass is 336 g/mol. The molecule has 0 aliphatic heterocycles. The lowest BCUT2D eigenvalue weighted by Crippen LogP contribution is -2.37. The highest BCUT2D eigenvalue weighted by Gasteiger charge is 2.11. The van der Waals surface area contributed by atoms with Crippen LogP contribution in [-0.4, -0.2) is 26.2 Å². The van der Waals surface area contributed by atoms with Gasteiger partial charge in [-0.05, 0) is 18.6 Å². The second kappa shape index (κ2) is 8.03. The molecule has 0 amide bonds. The van der Waals surface area contributed by atoms with E-state index in [1.165, 1.54) is 0 Å². The number of aliphatic imine (C=N–C) groups is 1. The van der Waals surface area contributed by atoms with E-state index in [-0.39, 0.29) is 11.6 Å². The van der Waals surface area contributed by atoms with Gasteiger partial charge in [0.05, 0.1) is 0 Å². The number of nitrogens with two attached hydrogens (primary N) is 1. The number of hydrogen-bond donors (Lipinski definition) is 3. The van der Waals surface area contributed by atoms with Crippen LogP contribution in [0.15, 0.2) is 21.6 Å². The van der Waals surface area contributed by atoms with Crippen LogP contribution in [0.4, 0.5) is 14.5 Å². The maximum Gasteiger partial charge on any atom is 0.210 e. The molecule has 8 heteroatoms. The minimum Gasteiger partial charge on any atom is -0.385 e. The normalized spacial score (nSPS) is 11.5. The Bertz CT molecular complexity index is 433. The van der Waals surface area contributed by atoms with Crippen molar-refractivity contribution in [2.24, 2.45) is 10.8 Å². The largest absolute Gasteiger partial charge is 0.385 e. The van der Waals surface area contributed by atoms with E-state index in [2.05, 4.69) is 31.7 Å². The third-order valence-electron chi connectivity index (χ3n) is 2.16.